The number of carbonyl (C=O) groups is 2. The number of hydrogen-bond donors (Lipinski definition) is 3. The number of carbonyl (C=O) groups excluding carboxylic acids is 1. The lowest BCUT2D eigenvalue weighted by atomic mass is 10.1. The number of aliphatic carboxylic acids is 1. The number of amides is 1. The van der Waals surface area contributed by atoms with Gasteiger partial charge < -0.3 is 25.0 Å². The number of methoxy groups -OCH3 is 2. The van der Waals surface area contributed by atoms with E-state index in [-0.39, 0.29) is 30.1 Å². The van der Waals surface area contributed by atoms with E-state index in [0.717, 1.165) is 0 Å². The molecule has 0 aliphatic heterocycles. The van der Waals surface area contributed by atoms with E-state index in [4.69, 9.17) is 19.7 Å². The second-order valence-corrected chi connectivity index (χ2v) is 3.91. The Labute approximate surface area is 116 Å². The van der Waals surface area contributed by atoms with E-state index in [1.54, 1.807) is 18.2 Å². The van der Waals surface area contributed by atoms with E-state index < -0.39 is 17.9 Å². The molecule has 0 radical (unpaired) electrons. The summed E-state index contributed by atoms with van der Waals surface area (Å²) < 4.78 is 10.1. The van der Waals surface area contributed by atoms with Gasteiger partial charge in [0, 0.05) is 13.0 Å². The van der Waals surface area contributed by atoms with Gasteiger partial charge in [-0.05, 0) is 12.1 Å². The van der Waals surface area contributed by atoms with Gasteiger partial charge in [-0.25, -0.2) is 4.79 Å². The molecule has 0 saturated heterocycles. The minimum absolute atomic E-state index is 0.0848. The van der Waals surface area contributed by atoms with Crippen molar-refractivity contribution in [2.24, 2.45) is 0 Å². The Morgan fingerprint density at radius 2 is 1.80 bits per heavy atom. The number of aliphatic hydroxyl groups excluding tert-OH is 1. The van der Waals surface area contributed by atoms with Crippen LogP contribution in [0.4, 0.5) is 0 Å². The van der Waals surface area contributed by atoms with Gasteiger partial charge in [-0.2, -0.15) is 0 Å². The van der Waals surface area contributed by atoms with Crippen LogP contribution in [-0.2, 0) is 4.79 Å². The summed E-state index contributed by atoms with van der Waals surface area (Å²) in [6.45, 7) is -0.347. The third kappa shape index (κ3) is 3.61. The standard InChI is InChI=1S/C13H17NO6/c1-19-9-4-3-5-10(20-2)11(9)12(16)14-8(6-7-15)13(17)18/h3-5,8,15H,6-7H2,1-2H3,(H,14,16)(H,17,18). The van der Waals surface area contributed by atoms with Crippen molar-refractivity contribution in [3.63, 3.8) is 0 Å². The lowest BCUT2D eigenvalue weighted by molar-refractivity contribution is -0.139. The SMILES string of the molecule is COc1cccc(OC)c1C(=O)NC(CCO)C(=O)O. The van der Waals surface area contributed by atoms with Gasteiger partial charge in [0.05, 0.1) is 14.2 Å². The zero-order valence-corrected chi connectivity index (χ0v) is 11.3. The molecule has 0 fully saturated rings. The van der Waals surface area contributed by atoms with Crippen molar-refractivity contribution in [3.8, 4) is 11.5 Å². The van der Waals surface area contributed by atoms with Gasteiger partial charge in [-0.3, -0.25) is 4.79 Å². The molecule has 0 aliphatic carbocycles. The Hall–Kier alpha value is -2.28. The van der Waals surface area contributed by atoms with Crippen molar-refractivity contribution < 1.29 is 29.3 Å². The van der Waals surface area contributed by atoms with Gasteiger partial charge >= 0.3 is 5.97 Å². The normalized spacial score (nSPS) is 11.6. The number of nitrogens with one attached hydrogen (secondary N) is 1. The molecule has 0 aromatic heterocycles. The Kier molecular flexibility index (Phi) is 5.79. The summed E-state index contributed by atoms with van der Waals surface area (Å²) in [7, 11) is 2.79. The van der Waals surface area contributed by atoms with Crippen molar-refractivity contribution in [2.45, 2.75) is 12.5 Å². The first-order chi connectivity index (χ1) is 9.54. The molecule has 1 unspecified atom stereocenters. The molecule has 1 aromatic rings. The summed E-state index contributed by atoms with van der Waals surface area (Å²) in [6, 6.07) is 3.61. The molecular weight excluding hydrogens is 266 g/mol. The average molecular weight is 283 g/mol. The Morgan fingerprint density at radius 1 is 1.25 bits per heavy atom. The second-order valence-electron chi connectivity index (χ2n) is 3.91. The number of ether oxygens (including phenoxy) is 2. The number of aliphatic hydroxyl groups is 1. The third-order valence-electron chi connectivity index (χ3n) is 2.68. The van der Waals surface area contributed by atoms with Crippen molar-refractivity contribution in [1.29, 1.82) is 0 Å². The molecular formula is C13H17NO6. The molecule has 0 spiro atoms. The van der Waals surface area contributed by atoms with Crippen LogP contribution in [-0.4, -0.2) is 49.0 Å². The van der Waals surface area contributed by atoms with E-state index in [1.165, 1.54) is 14.2 Å². The molecule has 110 valence electrons. The maximum atomic E-state index is 12.2. The average Bonchev–Trinajstić information content (AvgIpc) is 2.45. The fraction of sp³-hybridized carbons (Fsp3) is 0.385. The molecule has 0 heterocycles. The number of benzene rings is 1. The van der Waals surface area contributed by atoms with Gasteiger partial charge in [0.2, 0.25) is 0 Å². The van der Waals surface area contributed by atoms with Crippen LogP contribution in [0.2, 0.25) is 0 Å². The molecule has 1 aromatic carbocycles. The van der Waals surface area contributed by atoms with Crippen LogP contribution >= 0.6 is 0 Å². The highest BCUT2D eigenvalue weighted by Gasteiger charge is 2.24. The van der Waals surface area contributed by atoms with E-state index in [2.05, 4.69) is 5.32 Å². The second kappa shape index (κ2) is 7.34. The molecule has 3 N–H and O–H groups in total. The maximum absolute atomic E-state index is 12.2. The summed E-state index contributed by atoms with van der Waals surface area (Å²) in [5, 5.41) is 20.1. The first-order valence-electron chi connectivity index (χ1n) is 5.90. The van der Waals surface area contributed by atoms with E-state index >= 15 is 0 Å². The molecule has 0 aliphatic rings. The van der Waals surface area contributed by atoms with Crippen LogP contribution in [0, 0.1) is 0 Å². The Balaban J connectivity index is 3.04. The number of rotatable bonds is 7. The topological polar surface area (TPSA) is 105 Å². The molecule has 20 heavy (non-hydrogen) atoms. The Morgan fingerprint density at radius 3 is 2.20 bits per heavy atom. The van der Waals surface area contributed by atoms with E-state index in [9.17, 15) is 9.59 Å². The summed E-state index contributed by atoms with van der Waals surface area (Å²) >= 11 is 0. The van der Waals surface area contributed by atoms with Gasteiger partial charge in [0.1, 0.15) is 23.1 Å². The predicted octanol–water partition coefficient (Wildman–Crippen LogP) is 0.269. The summed E-state index contributed by atoms with van der Waals surface area (Å²) in [6.07, 6.45) is -0.0848. The lowest BCUT2D eigenvalue weighted by Gasteiger charge is -2.16. The van der Waals surface area contributed by atoms with Crippen molar-refractivity contribution in [2.75, 3.05) is 20.8 Å². The molecule has 0 saturated carbocycles. The van der Waals surface area contributed by atoms with Crippen LogP contribution in [0.1, 0.15) is 16.8 Å². The van der Waals surface area contributed by atoms with Crippen molar-refractivity contribution in [3.05, 3.63) is 23.8 Å². The van der Waals surface area contributed by atoms with Gasteiger partial charge in [0.15, 0.2) is 0 Å². The lowest BCUT2D eigenvalue weighted by Crippen LogP contribution is -2.41. The van der Waals surface area contributed by atoms with Gasteiger partial charge in [0.25, 0.3) is 5.91 Å². The Bertz CT molecular complexity index is 465. The van der Waals surface area contributed by atoms with E-state index in [0.29, 0.717) is 0 Å². The largest absolute Gasteiger partial charge is 0.496 e. The molecule has 1 atom stereocenters. The highest BCUT2D eigenvalue weighted by Crippen LogP contribution is 2.28. The third-order valence-corrected chi connectivity index (χ3v) is 2.68. The highest BCUT2D eigenvalue weighted by atomic mass is 16.5. The minimum atomic E-state index is -1.22. The number of carboxylic acid groups (broad SMARTS) is 1. The first-order valence-corrected chi connectivity index (χ1v) is 5.90. The minimum Gasteiger partial charge on any atom is -0.496 e. The smallest absolute Gasteiger partial charge is 0.326 e. The van der Waals surface area contributed by atoms with Gasteiger partial charge in [-0.15, -0.1) is 0 Å². The predicted molar refractivity (Wildman–Crippen MR) is 70.1 cm³/mol. The van der Waals surface area contributed by atoms with Crippen molar-refractivity contribution in [1.82, 2.24) is 5.32 Å². The zero-order chi connectivity index (χ0) is 15.1. The van der Waals surface area contributed by atoms with Crippen LogP contribution in [0.15, 0.2) is 18.2 Å². The van der Waals surface area contributed by atoms with Crippen molar-refractivity contribution >= 4 is 11.9 Å². The number of carboxylic acids is 1. The van der Waals surface area contributed by atoms with Crippen LogP contribution < -0.4 is 14.8 Å². The van der Waals surface area contributed by atoms with E-state index in [1.807, 2.05) is 0 Å². The molecule has 0 bridgehead atoms. The monoisotopic (exact) mass is 283 g/mol. The summed E-state index contributed by atoms with van der Waals surface area (Å²) in [5.41, 5.74) is 0.113. The van der Waals surface area contributed by atoms with Crippen LogP contribution in [0.5, 0.6) is 11.5 Å². The fourth-order valence-electron chi connectivity index (χ4n) is 1.69. The summed E-state index contributed by atoms with van der Waals surface area (Å²) in [5.74, 6) is -1.31. The van der Waals surface area contributed by atoms with Crippen LogP contribution in [0.25, 0.3) is 0 Å². The first kappa shape index (κ1) is 15.8. The maximum Gasteiger partial charge on any atom is 0.326 e. The quantitative estimate of drug-likeness (QED) is 0.663. The fourth-order valence-corrected chi connectivity index (χ4v) is 1.69. The molecule has 1 amide bonds. The van der Waals surface area contributed by atoms with Crippen LogP contribution in [0.3, 0.4) is 0 Å². The zero-order valence-electron chi connectivity index (χ0n) is 11.3. The molecule has 1 rings (SSSR count). The molecule has 7 nitrogen and oxygen atoms in total. The summed E-state index contributed by atoms with van der Waals surface area (Å²) in [4.78, 5) is 23.2. The highest BCUT2D eigenvalue weighted by molar-refractivity contribution is 6.01. The molecule has 7 heteroatoms. The number of hydrogen-bond acceptors (Lipinski definition) is 5. The van der Waals surface area contributed by atoms with Gasteiger partial charge in [-0.1, -0.05) is 6.07 Å².